The van der Waals surface area contributed by atoms with Gasteiger partial charge in [0, 0.05) is 24.7 Å². The van der Waals surface area contributed by atoms with Gasteiger partial charge in [0.2, 0.25) is 5.91 Å². The largest absolute Gasteiger partial charge is 0.450 e. The first-order chi connectivity index (χ1) is 14.3. The lowest BCUT2D eigenvalue weighted by Gasteiger charge is -2.32. The molecule has 1 aromatic carbocycles. The summed E-state index contributed by atoms with van der Waals surface area (Å²) >= 11 is 0. The van der Waals surface area contributed by atoms with Crippen molar-refractivity contribution in [1.29, 1.82) is 0 Å². The van der Waals surface area contributed by atoms with E-state index >= 15 is 0 Å². The third-order valence-corrected chi connectivity index (χ3v) is 5.40. The van der Waals surface area contributed by atoms with Crippen molar-refractivity contribution in [3.05, 3.63) is 60.7 Å². The van der Waals surface area contributed by atoms with Crippen LogP contribution in [0.3, 0.4) is 0 Å². The molecule has 29 heavy (non-hydrogen) atoms. The molecule has 0 radical (unpaired) electrons. The number of para-hydroxylation sites is 1. The van der Waals surface area contributed by atoms with Crippen LogP contribution in [0.25, 0.3) is 22.1 Å². The molecular formula is C22H21N5O2. The Bertz CT molecular complexity index is 1160. The molecule has 0 aliphatic carbocycles. The van der Waals surface area contributed by atoms with E-state index < -0.39 is 0 Å². The zero-order valence-corrected chi connectivity index (χ0v) is 15.9. The smallest absolute Gasteiger partial charge is 0.225 e. The molecule has 1 amide bonds. The molecule has 4 heterocycles. The van der Waals surface area contributed by atoms with Crippen molar-refractivity contribution >= 4 is 33.8 Å². The number of piperidine rings is 1. The SMILES string of the molecule is O=C(NCc1ccccn1)[C@H]1CCCN(c2ncnc3c2oc2ccccc23)C1. The lowest BCUT2D eigenvalue weighted by Crippen LogP contribution is -2.43. The van der Waals surface area contributed by atoms with Gasteiger partial charge in [0.15, 0.2) is 11.4 Å². The summed E-state index contributed by atoms with van der Waals surface area (Å²) in [6, 6.07) is 13.6. The quantitative estimate of drug-likeness (QED) is 0.578. The molecule has 3 aromatic heterocycles. The summed E-state index contributed by atoms with van der Waals surface area (Å²) in [7, 11) is 0. The fraction of sp³-hybridized carbons (Fsp3) is 0.273. The molecule has 146 valence electrons. The molecule has 1 N–H and O–H groups in total. The number of amides is 1. The molecule has 1 atom stereocenters. The number of anilines is 1. The number of fused-ring (bicyclic) bond motifs is 3. The number of nitrogens with one attached hydrogen (secondary N) is 1. The monoisotopic (exact) mass is 387 g/mol. The van der Waals surface area contributed by atoms with E-state index in [1.807, 2.05) is 42.5 Å². The molecule has 0 unspecified atom stereocenters. The summed E-state index contributed by atoms with van der Waals surface area (Å²) in [5, 5.41) is 3.99. The highest BCUT2D eigenvalue weighted by Crippen LogP contribution is 2.33. The Morgan fingerprint density at radius 2 is 2.03 bits per heavy atom. The van der Waals surface area contributed by atoms with E-state index in [9.17, 15) is 4.79 Å². The van der Waals surface area contributed by atoms with Crippen molar-refractivity contribution in [2.75, 3.05) is 18.0 Å². The summed E-state index contributed by atoms with van der Waals surface area (Å²) in [4.78, 5) is 28.0. The molecule has 0 spiro atoms. The normalized spacial score (nSPS) is 17.0. The van der Waals surface area contributed by atoms with Gasteiger partial charge in [0.05, 0.1) is 18.2 Å². The molecule has 1 aliphatic heterocycles. The summed E-state index contributed by atoms with van der Waals surface area (Å²) < 4.78 is 6.06. The molecule has 1 saturated heterocycles. The Hall–Kier alpha value is -3.48. The summed E-state index contributed by atoms with van der Waals surface area (Å²) in [6.45, 7) is 1.89. The second kappa shape index (κ2) is 7.50. The summed E-state index contributed by atoms with van der Waals surface area (Å²) in [5.74, 6) is 0.713. The van der Waals surface area contributed by atoms with E-state index in [1.54, 1.807) is 12.5 Å². The minimum atomic E-state index is -0.0955. The molecule has 7 heteroatoms. The van der Waals surface area contributed by atoms with Gasteiger partial charge >= 0.3 is 0 Å². The highest BCUT2D eigenvalue weighted by molar-refractivity contribution is 6.05. The van der Waals surface area contributed by atoms with Crippen molar-refractivity contribution in [3.8, 4) is 0 Å². The van der Waals surface area contributed by atoms with Crippen LogP contribution < -0.4 is 10.2 Å². The van der Waals surface area contributed by atoms with Gasteiger partial charge in [0.1, 0.15) is 17.4 Å². The van der Waals surface area contributed by atoms with E-state index in [4.69, 9.17) is 4.42 Å². The zero-order chi connectivity index (χ0) is 19.6. The second-order valence-electron chi connectivity index (χ2n) is 7.30. The van der Waals surface area contributed by atoms with Crippen LogP contribution in [0, 0.1) is 5.92 Å². The summed E-state index contributed by atoms with van der Waals surface area (Å²) in [6.07, 6.45) is 5.09. The van der Waals surface area contributed by atoms with Crippen molar-refractivity contribution in [2.45, 2.75) is 19.4 Å². The number of hydrogen-bond donors (Lipinski definition) is 1. The van der Waals surface area contributed by atoms with Gasteiger partial charge in [-0.05, 0) is 37.1 Å². The lowest BCUT2D eigenvalue weighted by atomic mass is 9.97. The molecular weight excluding hydrogens is 366 g/mol. The molecule has 1 fully saturated rings. The number of hydrogen-bond acceptors (Lipinski definition) is 6. The number of pyridine rings is 1. The average molecular weight is 387 g/mol. The van der Waals surface area contributed by atoms with Crippen molar-refractivity contribution in [3.63, 3.8) is 0 Å². The Morgan fingerprint density at radius 3 is 2.93 bits per heavy atom. The standard InChI is InChI=1S/C22H21N5O2/c28-22(24-12-16-7-3-4-10-23-16)15-6-5-11-27(13-15)21-20-19(25-14-26-21)17-8-1-2-9-18(17)29-20/h1-4,7-10,14-15H,5-6,11-13H2,(H,24,28)/t15-/m0/s1. The zero-order valence-electron chi connectivity index (χ0n) is 15.9. The maximum Gasteiger partial charge on any atom is 0.225 e. The predicted molar refractivity (Wildman–Crippen MR) is 110 cm³/mol. The van der Waals surface area contributed by atoms with Crippen LogP contribution in [0.1, 0.15) is 18.5 Å². The van der Waals surface area contributed by atoms with Crippen molar-refractivity contribution in [1.82, 2.24) is 20.3 Å². The lowest BCUT2D eigenvalue weighted by molar-refractivity contribution is -0.125. The van der Waals surface area contributed by atoms with Gasteiger partial charge in [0.25, 0.3) is 0 Å². The first-order valence-corrected chi connectivity index (χ1v) is 9.84. The van der Waals surface area contributed by atoms with Gasteiger partial charge < -0.3 is 14.6 Å². The second-order valence-corrected chi connectivity index (χ2v) is 7.30. The maximum absolute atomic E-state index is 12.7. The van der Waals surface area contributed by atoms with Gasteiger partial charge in [-0.15, -0.1) is 0 Å². The van der Waals surface area contributed by atoms with Gasteiger partial charge in [-0.3, -0.25) is 9.78 Å². The number of rotatable bonds is 4. The van der Waals surface area contributed by atoms with Crippen LogP contribution in [0.5, 0.6) is 0 Å². The molecule has 5 rings (SSSR count). The number of furan rings is 1. The van der Waals surface area contributed by atoms with Crippen molar-refractivity contribution in [2.24, 2.45) is 5.92 Å². The first-order valence-electron chi connectivity index (χ1n) is 9.84. The van der Waals surface area contributed by atoms with Crippen molar-refractivity contribution < 1.29 is 9.21 Å². The minimum absolute atomic E-state index is 0.0512. The Balaban J connectivity index is 1.36. The third kappa shape index (κ3) is 3.40. The van der Waals surface area contributed by atoms with E-state index in [0.29, 0.717) is 18.7 Å². The number of aromatic nitrogens is 3. The molecule has 0 saturated carbocycles. The average Bonchev–Trinajstić information content (AvgIpc) is 3.17. The molecule has 4 aromatic rings. The fourth-order valence-corrected chi connectivity index (χ4v) is 3.95. The summed E-state index contributed by atoms with van der Waals surface area (Å²) in [5.41, 5.74) is 3.15. The van der Waals surface area contributed by atoms with Crippen LogP contribution in [-0.2, 0) is 11.3 Å². The van der Waals surface area contributed by atoms with Crippen LogP contribution in [-0.4, -0.2) is 33.9 Å². The Kier molecular flexibility index (Phi) is 4.56. The fourth-order valence-electron chi connectivity index (χ4n) is 3.95. The number of nitrogens with zero attached hydrogens (tertiary/aromatic N) is 4. The third-order valence-electron chi connectivity index (χ3n) is 5.40. The van der Waals surface area contributed by atoms with Gasteiger partial charge in [-0.25, -0.2) is 9.97 Å². The van der Waals surface area contributed by atoms with Crippen LogP contribution in [0.2, 0.25) is 0 Å². The Morgan fingerprint density at radius 1 is 1.14 bits per heavy atom. The minimum Gasteiger partial charge on any atom is -0.450 e. The topological polar surface area (TPSA) is 84.2 Å². The van der Waals surface area contributed by atoms with Gasteiger partial charge in [-0.2, -0.15) is 0 Å². The molecule has 7 nitrogen and oxygen atoms in total. The maximum atomic E-state index is 12.7. The van der Waals surface area contributed by atoms with E-state index in [1.165, 1.54) is 0 Å². The van der Waals surface area contributed by atoms with E-state index in [0.717, 1.165) is 47.4 Å². The van der Waals surface area contributed by atoms with Crippen LogP contribution in [0.4, 0.5) is 5.82 Å². The van der Waals surface area contributed by atoms with Gasteiger partial charge in [-0.1, -0.05) is 18.2 Å². The van der Waals surface area contributed by atoms with E-state index in [-0.39, 0.29) is 11.8 Å². The Labute approximate surface area is 167 Å². The first kappa shape index (κ1) is 17.6. The molecule has 1 aliphatic rings. The highest BCUT2D eigenvalue weighted by atomic mass is 16.3. The van der Waals surface area contributed by atoms with Crippen LogP contribution in [0.15, 0.2) is 59.4 Å². The molecule has 0 bridgehead atoms. The van der Waals surface area contributed by atoms with Crippen LogP contribution >= 0.6 is 0 Å². The number of carbonyl (C=O) groups is 1. The number of benzene rings is 1. The predicted octanol–water partition coefficient (Wildman–Crippen LogP) is 3.30. The highest BCUT2D eigenvalue weighted by Gasteiger charge is 2.28. The van der Waals surface area contributed by atoms with E-state index in [2.05, 4.69) is 25.2 Å². The number of carbonyl (C=O) groups excluding carboxylic acids is 1.